The van der Waals surface area contributed by atoms with Crippen molar-refractivity contribution in [3.63, 3.8) is 0 Å². The molecule has 1 rings (SSSR count). The van der Waals surface area contributed by atoms with Gasteiger partial charge in [-0.2, -0.15) is 9.40 Å². The van der Waals surface area contributed by atoms with Gasteiger partial charge in [-0.15, -0.1) is 0 Å². The molecule has 20 heavy (non-hydrogen) atoms. The second-order valence-electron chi connectivity index (χ2n) is 4.23. The number of aryl methyl sites for hydroxylation is 1. The third kappa shape index (κ3) is 3.33. The number of rotatable bonds is 7. The first-order chi connectivity index (χ1) is 9.21. The van der Waals surface area contributed by atoms with Gasteiger partial charge < -0.3 is 14.9 Å². The van der Waals surface area contributed by atoms with E-state index < -0.39 is 32.7 Å². The quantitative estimate of drug-likeness (QED) is 0.591. The van der Waals surface area contributed by atoms with Crippen LogP contribution in [0.4, 0.5) is 0 Å². The average Bonchev–Trinajstić information content (AvgIpc) is 2.71. The summed E-state index contributed by atoms with van der Waals surface area (Å²) in [6.07, 6.45) is -1.01. The highest BCUT2D eigenvalue weighted by atomic mass is 32.2. The van der Waals surface area contributed by atoms with E-state index in [0.29, 0.717) is 0 Å². The molecule has 3 N–H and O–H groups in total. The first-order valence-corrected chi connectivity index (χ1v) is 7.07. The Hall–Kier alpha value is -1.49. The molecule has 1 atom stereocenters. The normalized spacial score (nSPS) is 13.7. The molecule has 0 radical (unpaired) electrons. The fraction of sp³-hybridized carbons (Fsp3) is 0.600. The Morgan fingerprint density at radius 3 is 2.65 bits per heavy atom. The molecular formula is C10H17N3O6S. The minimum Gasteiger partial charge on any atom is -0.476 e. The lowest BCUT2D eigenvalue weighted by Gasteiger charge is -2.20. The Kier molecular flexibility index (Phi) is 5.22. The summed E-state index contributed by atoms with van der Waals surface area (Å²) in [4.78, 5) is 10.6. The van der Waals surface area contributed by atoms with Crippen molar-refractivity contribution >= 4 is 16.0 Å². The van der Waals surface area contributed by atoms with Crippen LogP contribution in [0.5, 0.6) is 0 Å². The number of aromatic carboxylic acids is 1. The number of ether oxygens (including phenoxy) is 1. The zero-order chi connectivity index (χ0) is 15.5. The van der Waals surface area contributed by atoms with Gasteiger partial charge in [-0.3, -0.25) is 5.10 Å². The van der Waals surface area contributed by atoms with E-state index >= 15 is 0 Å². The number of carbonyl (C=O) groups is 1. The van der Waals surface area contributed by atoms with Gasteiger partial charge in [0.2, 0.25) is 10.0 Å². The minimum absolute atomic E-state index is 0.0317. The van der Waals surface area contributed by atoms with Crippen LogP contribution in [0, 0.1) is 6.92 Å². The number of nitrogens with one attached hydrogen (secondary N) is 1. The van der Waals surface area contributed by atoms with E-state index in [1.54, 1.807) is 0 Å². The number of aromatic amines is 1. The molecule has 1 unspecified atom stereocenters. The van der Waals surface area contributed by atoms with E-state index in [9.17, 15) is 18.3 Å². The van der Waals surface area contributed by atoms with E-state index in [-0.39, 0.29) is 18.8 Å². The number of carboxylic acids is 1. The van der Waals surface area contributed by atoms with Gasteiger partial charge in [-0.1, -0.05) is 0 Å². The number of sulfonamides is 1. The molecule has 0 bridgehead atoms. The van der Waals surface area contributed by atoms with Crippen molar-refractivity contribution in [2.75, 3.05) is 27.3 Å². The van der Waals surface area contributed by atoms with E-state index in [1.165, 1.54) is 21.1 Å². The van der Waals surface area contributed by atoms with Crippen molar-refractivity contribution in [2.45, 2.75) is 17.9 Å². The Morgan fingerprint density at radius 1 is 1.55 bits per heavy atom. The van der Waals surface area contributed by atoms with Crippen LogP contribution in [0.3, 0.4) is 0 Å². The topological polar surface area (TPSA) is 133 Å². The van der Waals surface area contributed by atoms with Gasteiger partial charge in [0.1, 0.15) is 4.90 Å². The number of H-pyrrole nitrogens is 1. The van der Waals surface area contributed by atoms with Crippen LogP contribution in [0.15, 0.2) is 4.90 Å². The maximum Gasteiger partial charge on any atom is 0.357 e. The van der Waals surface area contributed by atoms with Crippen LogP contribution in [0.1, 0.15) is 16.2 Å². The van der Waals surface area contributed by atoms with Crippen LogP contribution in [0.2, 0.25) is 0 Å². The second kappa shape index (κ2) is 6.31. The fourth-order valence-corrected chi connectivity index (χ4v) is 3.17. The molecule has 0 saturated heterocycles. The maximum absolute atomic E-state index is 12.3. The van der Waals surface area contributed by atoms with Gasteiger partial charge in [0, 0.05) is 20.7 Å². The van der Waals surface area contributed by atoms with Gasteiger partial charge in [0.25, 0.3) is 0 Å². The minimum atomic E-state index is -4.07. The fourth-order valence-electron chi connectivity index (χ4n) is 1.68. The molecule has 0 spiro atoms. The van der Waals surface area contributed by atoms with Crippen molar-refractivity contribution in [1.29, 1.82) is 0 Å². The molecule has 0 fully saturated rings. The second-order valence-corrected chi connectivity index (χ2v) is 6.21. The number of hydrogen-bond donors (Lipinski definition) is 3. The number of nitrogens with zero attached hydrogens (tertiary/aromatic N) is 2. The van der Waals surface area contributed by atoms with Gasteiger partial charge >= 0.3 is 5.97 Å². The predicted octanol–water partition coefficient (Wildman–Crippen LogP) is -0.956. The van der Waals surface area contributed by atoms with Crippen LogP contribution >= 0.6 is 0 Å². The monoisotopic (exact) mass is 307 g/mol. The number of aliphatic hydroxyl groups is 1. The smallest absolute Gasteiger partial charge is 0.357 e. The first-order valence-electron chi connectivity index (χ1n) is 5.63. The lowest BCUT2D eigenvalue weighted by molar-refractivity contribution is 0.0554. The lowest BCUT2D eigenvalue weighted by atomic mass is 10.4. The summed E-state index contributed by atoms with van der Waals surface area (Å²) in [5.74, 6) is -1.45. The number of carboxylic acid groups (broad SMARTS) is 1. The number of aromatic nitrogens is 2. The largest absolute Gasteiger partial charge is 0.476 e. The number of methoxy groups -OCH3 is 1. The molecule has 10 heteroatoms. The van der Waals surface area contributed by atoms with Crippen LogP contribution < -0.4 is 0 Å². The highest BCUT2D eigenvalue weighted by Crippen LogP contribution is 2.21. The molecule has 0 aliphatic rings. The maximum atomic E-state index is 12.3. The number of likely N-dealkylation sites (N-methyl/N-ethyl adjacent to an activating group) is 1. The molecule has 1 aromatic rings. The van der Waals surface area contributed by atoms with E-state index in [1.807, 2.05) is 0 Å². The molecule has 0 aliphatic heterocycles. The summed E-state index contributed by atoms with van der Waals surface area (Å²) >= 11 is 0. The molecule has 0 aliphatic carbocycles. The van der Waals surface area contributed by atoms with Gasteiger partial charge in [0.05, 0.1) is 18.4 Å². The van der Waals surface area contributed by atoms with Crippen molar-refractivity contribution in [3.8, 4) is 0 Å². The van der Waals surface area contributed by atoms with Gasteiger partial charge in [-0.05, 0) is 6.92 Å². The summed E-state index contributed by atoms with van der Waals surface area (Å²) in [6.45, 7) is 1.15. The van der Waals surface area contributed by atoms with Crippen LogP contribution in [-0.4, -0.2) is 72.5 Å². The molecule has 0 amide bonds. The molecule has 0 saturated carbocycles. The highest BCUT2D eigenvalue weighted by molar-refractivity contribution is 7.89. The van der Waals surface area contributed by atoms with Gasteiger partial charge in [0.15, 0.2) is 5.69 Å². The van der Waals surface area contributed by atoms with Crippen LogP contribution in [-0.2, 0) is 14.8 Å². The third-order valence-corrected chi connectivity index (χ3v) is 4.57. The zero-order valence-electron chi connectivity index (χ0n) is 11.3. The zero-order valence-corrected chi connectivity index (χ0v) is 12.1. The molecule has 1 aromatic heterocycles. The van der Waals surface area contributed by atoms with E-state index in [0.717, 1.165) is 4.31 Å². The molecule has 1 heterocycles. The van der Waals surface area contributed by atoms with Gasteiger partial charge in [-0.25, -0.2) is 13.2 Å². The lowest BCUT2D eigenvalue weighted by Crippen LogP contribution is -2.36. The van der Waals surface area contributed by atoms with Crippen LogP contribution in [0.25, 0.3) is 0 Å². The molecule has 0 aromatic carbocycles. The van der Waals surface area contributed by atoms with Crippen molar-refractivity contribution < 1.29 is 28.2 Å². The molecule has 114 valence electrons. The van der Waals surface area contributed by atoms with E-state index in [4.69, 9.17) is 9.84 Å². The molecular weight excluding hydrogens is 290 g/mol. The number of aliphatic hydroxyl groups excluding tert-OH is 1. The standard InChI is InChI=1S/C10H17N3O6S/c1-6-9(8(10(15)16)12-11-6)20(17,18)13(2)4-7(14)5-19-3/h7,14H,4-5H2,1-3H3,(H,11,12)(H,15,16). The summed E-state index contributed by atoms with van der Waals surface area (Å²) in [6, 6.07) is 0. The third-order valence-electron chi connectivity index (χ3n) is 2.59. The Morgan fingerprint density at radius 2 is 2.15 bits per heavy atom. The van der Waals surface area contributed by atoms with Crippen molar-refractivity contribution in [3.05, 3.63) is 11.4 Å². The Bertz CT molecular complexity index is 582. The Labute approximate surface area is 116 Å². The summed E-state index contributed by atoms with van der Waals surface area (Å²) in [5, 5.41) is 24.3. The summed E-state index contributed by atoms with van der Waals surface area (Å²) < 4.78 is 30.2. The SMILES string of the molecule is COCC(O)CN(C)S(=O)(=O)c1c(C(=O)O)n[nH]c1C. The number of hydrogen-bond acceptors (Lipinski definition) is 6. The highest BCUT2D eigenvalue weighted by Gasteiger charge is 2.32. The molecule has 9 nitrogen and oxygen atoms in total. The first kappa shape index (κ1) is 16.6. The summed E-state index contributed by atoms with van der Waals surface area (Å²) in [5.41, 5.74) is -0.453. The van der Waals surface area contributed by atoms with Crippen molar-refractivity contribution in [1.82, 2.24) is 14.5 Å². The predicted molar refractivity (Wildman–Crippen MR) is 68.0 cm³/mol. The van der Waals surface area contributed by atoms with Crippen molar-refractivity contribution in [2.24, 2.45) is 0 Å². The Balaban J connectivity index is 3.11. The van der Waals surface area contributed by atoms with E-state index in [2.05, 4.69) is 10.2 Å². The summed E-state index contributed by atoms with van der Waals surface area (Å²) in [7, 11) is -1.45. The average molecular weight is 307 g/mol.